The topological polar surface area (TPSA) is 120 Å². The summed E-state index contributed by atoms with van der Waals surface area (Å²) in [6, 6.07) is 7.08. The average Bonchev–Trinajstić information content (AvgIpc) is 3.44. The van der Waals surface area contributed by atoms with Crippen molar-refractivity contribution in [2.45, 2.75) is 12.5 Å². The predicted octanol–water partition coefficient (Wildman–Crippen LogP) is 3.57. The van der Waals surface area contributed by atoms with Gasteiger partial charge in [0.15, 0.2) is 5.65 Å². The van der Waals surface area contributed by atoms with Crippen molar-refractivity contribution in [2.24, 2.45) is 0 Å². The van der Waals surface area contributed by atoms with Crippen LogP contribution in [0.3, 0.4) is 0 Å². The molecule has 3 N–H and O–H groups in total. The van der Waals surface area contributed by atoms with Crippen LogP contribution in [-0.2, 0) is 4.84 Å². The number of hydroxylamine groups is 2. The van der Waals surface area contributed by atoms with Crippen molar-refractivity contribution in [1.29, 1.82) is 0 Å². The van der Waals surface area contributed by atoms with Crippen LogP contribution < -0.4 is 15.8 Å². The normalized spacial score (nSPS) is 15.6. The number of rotatable bonds is 4. The highest BCUT2D eigenvalue weighted by molar-refractivity contribution is 5.91. The van der Waals surface area contributed by atoms with Crippen molar-refractivity contribution < 1.29 is 23.1 Å². The summed E-state index contributed by atoms with van der Waals surface area (Å²) in [4.78, 5) is 26.9. The van der Waals surface area contributed by atoms with Crippen molar-refractivity contribution in [2.75, 3.05) is 24.8 Å². The molecule has 4 heterocycles. The molecule has 10 nitrogen and oxygen atoms in total. The number of carbonyl (C=O) groups excluding carboxylic acids is 1. The third kappa shape index (κ3) is 4.06. The third-order valence-electron chi connectivity index (χ3n) is 5.34. The van der Waals surface area contributed by atoms with Crippen LogP contribution in [0.2, 0.25) is 0 Å². The van der Waals surface area contributed by atoms with Gasteiger partial charge in [0.25, 0.3) is 0 Å². The molecule has 4 aromatic rings. The molecule has 3 aromatic heterocycles. The number of anilines is 2. The van der Waals surface area contributed by atoms with E-state index in [0.717, 1.165) is 16.7 Å². The molecule has 0 saturated carbocycles. The number of amides is 2. The van der Waals surface area contributed by atoms with Gasteiger partial charge in [0, 0.05) is 36.0 Å². The standard InChI is InChI=1S/C22H19F2N7O3/c1-33-20-17(8-14(10-26-20)12-2-3-19-28-21(25)29-30(19)11-12)27-22(32)31-18(4-5-34-31)13-6-15(23)9-16(24)7-13/h2-3,6-11,18H,4-5H2,1H3,(H2,25,29)(H,27,32). The summed E-state index contributed by atoms with van der Waals surface area (Å²) < 4.78 is 34.3. The largest absolute Gasteiger partial charge is 0.480 e. The summed E-state index contributed by atoms with van der Waals surface area (Å²) in [5.41, 5.74) is 8.22. The minimum absolute atomic E-state index is 0.149. The molecule has 1 saturated heterocycles. The number of hydrogen-bond donors (Lipinski definition) is 2. The fourth-order valence-corrected chi connectivity index (χ4v) is 3.84. The highest BCUT2D eigenvalue weighted by Gasteiger charge is 2.33. The van der Waals surface area contributed by atoms with Crippen LogP contribution in [0.5, 0.6) is 5.88 Å². The van der Waals surface area contributed by atoms with E-state index in [0.29, 0.717) is 23.2 Å². The molecule has 12 heteroatoms. The summed E-state index contributed by atoms with van der Waals surface area (Å²) in [5.74, 6) is -1.13. The monoisotopic (exact) mass is 467 g/mol. The Labute approximate surface area is 191 Å². The van der Waals surface area contributed by atoms with Gasteiger partial charge in [-0.25, -0.2) is 23.1 Å². The van der Waals surface area contributed by atoms with E-state index in [1.807, 2.05) is 6.07 Å². The van der Waals surface area contributed by atoms with E-state index < -0.39 is 23.7 Å². The minimum atomic E-state index is -0.730. The maximum absolute atomic E-state index is 13.7. The molecule has 1 atom stereocenters. The molecule has 1 fully saturated rings. The third-order valence-corrected chi connectivity index (χ3v) is 5.34. The van der Waals surface area contributed by atoms with E-state index in [9.17, 15) is 13.6 Å². The Balaban J connectivity index is 1.43. The zero-order valence-electron chi connectivity index (χ0n) is 17.9. The van der Waals surface area contributed by atoms with Crippen LogP contribution in [0.25, 0.3) is 16.8 Å². The van der Waals surface area contributed by atoms with Crippen molar-refractivity contribution in [3.05, 3.63) is 66.0 Å². The molecule has 174 valence electrons. The molecule has 2 amide bonds. The average molecular weight is 467 g/mol. The first kappa shape index (κ1) is 21.5. The molecule has 1 aliphatic rings. The number of carbonyl (C=O) groups is 1. The van der Waals surface area contributed by atoms with Crippen LogP contribution in [-0.4, -0.2) is 44.4 Å². The summed E-state index contributed by atoms with van der Waals surface area (Å²) in [6.45, 7) is 0.215. The Morgan fingerprint density at radius 3 is 2.76 bits per heavy atom. The van der Waals surface area contributed by atoms with Gasteiger partial charge in [-0.1, -0.05) is 0 Å². The van der Waals surface area contributed by atoms with Crippen LogP contribution in [0.1, 0.15) is 18.0 Å². The second-order valence-electron chi connectivity index (χ2n) is 7.57. The molecule has 1 unspecified atom stereocenters. The number of nitrogens with zero attached hydrogens (tertiary/aromatic N) is 5. The van der Waals surface area contributed by atoms with Crippen LogP contribution in [0, 0.1) is 11.6 Å². The molecule has 5 rings (SSSR count). The Morgan fingerprint density at radius 1 is 1.21 bits per heavy atom. The number of aromatic nitrogens is 4. The summed E-state index contributed by atoms with van der Waals surface area (Å²) >= 11 is 0. The molecule has 0 bridgehead atoms. The van der Waals surface area contributed by atoms with Gasteiger partial charge in [-0.15, -0.1) is 5.10 Å². The lowest BCUT2D eigenvalue weighted by Crippen LogP contribution is -2.33. The zero-order chi connectivity index (χ0) is 23.8. The Hall–Kier alpha value is -4.32. The minimum Gasteiger partial charge on any atom is -0.480 e. The Kier molecular flexibility index (Phi) is 5.42. The number of pyridine rings is 2. The first-order valence-corrected chi connectivity index (χ1v) is 10.3. The molecular weight excluding hydrogens is 448 g/mol. The van der Waals surface area contributed by atoms with Crippen molar-refractivity contribution in [3.63, 3.8) is 0 Å². The van der Waals surface area contributed by atoms with Crippen molar-refractivity contribution in [3.8, 4) is 17.0 Å². The van der Waals surface area contributed by atoms with E-state index in [-0.39, 0.29) is 24.1 Å². The van der Waals surface area contributed by atoms with Crippen molar-refractivity contribution >= 4 is 23.3 Å². The van der Waals surface area contributed by atoms with Gasteiger partial charge in [0.05, 0.1) is 19.8 Å². The number of nitrogens with one attached hydrogen (secondary N) is 1. The summed E-state index contributed by atoms with van der Waals surface area (Å²) in [6.07, 6.45) is 3.69. The van der Waals surface area contributed by atoms with E-state index in [4.69, 9.17) is 15.3 Å². The first-order valence-electron chi connectivity index (χ1n) is 10.3. The van der Waals surface area contributed by atoms with Crippen LogP contribution in [0.4, 0.5) is 25.2 Å². The smallest absolute Gasteiger partial charge is 0.346 e. The number of nitrogen functional groups attached to an aromatic ring is 1. The van der Waals surface area contributed by atoms with E-state index in [1.54, 1.807) is 24.5 Å². The lowest BCUT2D eigenvalue weighted by molar-refractivity contribution is -0.0830. The SMILES string of the molecule is COc1ncc(-c2ccc3nc(N)nn3c2)cc1NC(=O)N1OCCC1c1cc(F)cc(F)c1. The molecule has 0 radical (unpaired) electrons. The fraction of sp³-hybridized carbons (Fsp3) is 0.182. The van der Waals surface area contributed by atoms with Gasteiger partial charge in [-0.2, -0.15) is 10.0 Å². The second-order valence-corrected chi connectivity index (χ2v) is 7.57. The molecule has 1 aromatic carbocycles. The zero-order valence-corrected chi connectivity index (χ0v) is 17.9. The lowest BCUT2D eigenvalue weighted by Gasteiger charge is -2.23. The maximum Gasteiger partial charge on any atom is 0.346 e. The van der Waals surface area contributed by atoms with Crippen LogP contribution >= 0.6 is 0 Å². The summed E-state index contributed by atoms with van der Waals surface area (Å²) in [5, 5.41) is 7.87. The van der Waals surface area contributed by atoms with E-state index in [2.05, 4.69) is 20.4 Å². The molecule has 0 spiro atoms. The maximum atomic E-state index is 13.7. The second kappa shape index (κ2) is 8.56. The van der Waals surface area contributed by atoms with E-state index in [1.165, 1.54) is 23.8 Å². The predicted molar refractivity (Wildman–Crippen MR) is 118 cm³/mol. The van der Waals surface area contributed by atoms with Gasteiger partial charge in [0.2, 0.25) is 11.8 Å². The molecular formula is C22H19F2N7O3. The Bertz CT molecular complexity index is 1370. The van der Waals surface area contributed by atoms with Crippen LogP contribution in [0.15, 0.2) is 48.8 Å². The number of nitrogens with two attached hydrogens (primary N) is 1. The number of hydrogen-bond acceptors (Lipinski definition) is 7. The molecule has 1 aliphatic heterocycles. The summed E-state index contributed by atoms with van der Waals surface area (Å²) in [7, 11) is 1.42. The first-order chi connectivity index (χ1) is 16.4. The van der Waals surface area contributed by atoms with E-state index >= 15 is 0 Å². The van der Waals surface area contributed by atoms with Gasteiger partial charge < -0.3 is 15.8 Å². The van der Waals surface area contributed by atoms with Gasteiger partial charge >= 0.3 is 6.03 Å². The lowest BCUT2D eigenvalue weighted by atomic mass is 10.0. The molecule has 34 heavy (non-hydrogen) atoms. The highest BCUT2D eigenvalue weighted by Crippen LogP contribution is 2.33. The Morgan fingerprint density at radius 2 is 2.00 bits per heavy atom. The van der Waals surface area contributed by atoms with Crippen molar-refractivity contribution in [1.82, 2.24) is 24.6 Å². The molecule has 0 aliphatic carbocycles. The number of urea groups is 1. The number of fused-ring (bicyclic) bond motifs is 1. The number of ether oxygens (including phenoxy) is 1. The highest BCUT2D eigenvalue weighted by atomic mass is 19.1. The van der Waals surface area contributed by atoms with Gasteiger partial charge in [-0.05, 0) is 35.9 Å². The quantitative estimate of drug-likeness (QED) is 0.471. The number of methoxy groups -OCH3 is 1. The number of halogens is 2. The van der Waals surface area contributed by atoms with Gasteiger partial charge in [0.1, 0.15) is 17.3 Å². The number of benzene rings is 1. The fourth-order valence-electron chi connectivity index (χ4n) is 3.84. The van der Waals surface area contributed by atoms with Gasteiger partial charge in [-0.3, -0.25) is 4.84 Å².